The van der Waals surface area contributed by atoms with Crippen molar-refractivity contribution in [2.24, 2.45) is 5.92 Å². The number of hydrogen-bond donors (Lipinski definition) is 0. The first kappa shape index (κ1) is 5.83. The highest BCUT2D eigenvalue weighted by atomic mass is 16.5. The van der Waals surface area contributed by atoms with Gasteiger partial charge >= 0.3 is 0 Å². The van der Waals surface area contributed by atoms with Gasteiger partial charge in [0.05, 0.1) is 13.2 Å². The molecule has 0 N–H and O–H groups in total. The molecule has 8 heavy (non-hydrogen) atoms. The van der Waals surface area contributed by atoms with Crippen molar-refractivity contribution in [1.29, 1.82) is 0 Å². The van der Waals surface area contributed by atoms with Crippen molar-refractivity contribution >= 4 is 0 Å². The standard InChI is InChI=1S/C7H12O/c1-3-7-5-8-4-6(7)2/h3,6H,4-5H2,1-2H3. The highest BCUT2D eigenvalue weighted by molar-refractivity contribution is 5.07. The SMILES string of the molecule is CC=C1COCC1C. The molecule has 1 saturated heterocycles. The van der Waals surface area contributed by atoms with E-state index in [1.165, 1.54) is 5.57 Å². The monoisotopic (exact) mass is 112 g/mol. The fraction of sp³-hybridized carbons (Fsp3) is 0.714. The molecule has 1 rings (SSSR count). The summed E-state index contributed by atoms with van der Waals surface area (Å²) < 4.78 is 5.19. The predicted molar refractivity (Wildman–Crippen MR) is 33.7 cm³/mol. The van der Waals surface area contributed by atoms with Crippen molar-refractivity contribution in [2.45, 2.75) is 13.8 Å². The Morgan fingerprint density at radius 3 is 2.75 bits per heavy atom. The van der Waals surface area contributed by atoms with Crippen LogP contribution in [0.15, 0.2) is 11.6 Å². The van der Waals surface area contributed by atoms with Crippen molar-refractivity contribution in [1.82, 2.24) is 0 Å². The van der Waals surface area contributed by atoms with Gasteiger partial charge < -0.3 is 4.74 Å². The molecule has 0 bridgehead atoms. The molecule has 0 radical (unpaired) electrons. The third-order valence-electron chi connectivity index (χ3n) is 1.64. The van der Waals surface area contributed by atoms with E-state index in [2.05, 4.69) is 19.9 Å². The first-order valence-corrected chi connectivity index (χ1v) is 3.07. The molecule has 1 aliphatic rings. The zero-order chi connectivity index (χ0) is 5.98. The quantitative estimate of drug-likeness (QED) is 0.432. The molecule has 0 aromatic rings. The zero-order valence-electron chi connectivity index (χ0n) is 5.48. The maximum atomic E-state index is 5.19. The number of rotatable bonds is 0. The minimum absolute atomic E-state index is 0.667. The average molecular weight is 112 g/mol. The highest BCUT2D eigenvalue weighted by Crippen LogP contribution is 2.17. The summed E-state index contributed by atoms with van der Waals surface area (Å²) in [6.45, 7) is 6.04. The Labute approximate surface area is 50.3 Å². The van der Waals surface area contributed by atoms with Gasteiger partial charge in [0.1, 0.15) is 0 Å². The largest absolute Gasteiger partial charge is 0.376 e. The Hall–Kier alpha value is -0.300. The van der Waals surface area contributed by atoms with E-state index in [4.69, 9.17) is 4.74 Å². The van der Waals surface area contributed by atoms with E-state index in [9.17, 15) is 0 Å². The molecule has 46 valence electrons. The number of hydrogen-bond acceptors (Lipinski definition) is 1. The third-order valence-corrected chi connectivity index (χ3v) is 1.64. The summed E-state index contributed by atoms with van der Waals surface area (Å²) in [6, 6.07) is 0. The molecule has 1 heterocycles. The Balaban J connectivity index is 2.55. The summed E-state index contributed by atoms with van der Waals surface area (Å²) in [5.74, 6) is 0.667. The molecule has 1 fully saturated rings. The second kappa shape index (κ2) is 2.31. The summed E-state index contributed by atoms with van der Waals surface area (Å²) in [6.07, 6.45) is 2.15. The Morgan fingerprint density at radius 1 is 1.75 bits per heavy atom. The number of allylic oxidation sites excluding steroid dienone is 1. The molecule has 0 aromatic heterocycles. The van der Waals surface area contributed by atoms with Gasteiger partial charge in [-0.3, -0.25) is 0 Å². The van der Waals surface area contributed by atoms with Crippen LogP contribution in [0.1, 0.15) is 13.8 Å². The highest BCUT2D eigenvalue weighted by Gasteiger charge is 2.14. The van der Waals surface area contributed by atoms with E-state index in [0.29, 0.717) is 5.92 Å². The second-order valence-electron chi connectivity index (χ2n) is 2.28. The van der Waals surface area contributed by atoms with Crippen LogP contribution in [0.5, 0.6) is 0 Å². The molecule has 1 atom stereocenters. The van der Waals surface area contributed by atoms with Crippen LogP contribution in [0.4, 0.5) is 0 Å². The molecular formula is C7H12O. The molecule has 0 aromatic carbocycles. The molecule has 0 aliphatic carbocycles. The van der Waals surface area contributed by atoms with E-state index in [1.807, 2.05) is 0 Å². The molecule has 1 heteroatoms. The zero-order valence-corrected chi connectivity index (χ0v) is 5.48. The van der Waals surface area contributed by atoms with Crippen LogP contribution in [0.25, 0.3) is 0 Å². The first-order chi connectivity index (χ1) is 3.84. The van der Waals surface area contributed by atoms with Gasteiger partial charge in [-0.25, -0.2) is 0 Å². The minimum Gasteiger partial charge on any atom is -0.376 e. The fourth-order valence-electron chi connectivity index (χ4n) is 0.971. The Kier molecular flexibility index (Phi) is 1.69. The smallest absolute Gasteiger partial charge is 0.0680 e. The van der Waals surface area contributed by atoms with Gasteiger partial charge in [-0.1, -0.05) is 13.0 Å². The van der Waals surface area contributed by atoms with Crippen LogP contribution in [0, 0.1) is 5.92 Å². The van der Waals surface area contributed by atoms with Gasteiger partial charge in [-0.15, -0.1) is 0 Å². The third kappa shape index (κ3) is 0.920. The summed E-state index contributed by atoms with van der Waals surface area (Å²) in [5, 5.41) is 0. The lowest BCUT2D eigenvalue weighted by molar-refractivity contribution is 0.191. The maximum Gasteiger partial charge on any atom is 0.0680 e. The van der Waals surface area contributed by atoms with Gasteiger partial charge in [0.15, 0.2) is 0 Å². The van der Waals surface area contributed by atoms with E-state index in [-0.39, 0.29) is 0 Å². The summed E-state index contributed by atoms with van der Waals surface area (Å²) in [5.41, 5.74) is 1.45. The van der Waals surface area contributed by atoms with Gasteiger partial charge in [0.25, 0.3) is 0 Å². The molecule has 0 spiro atoms. The molecular weight excluding hydrogens is 100 g/mol. The van der Waals surface area contributed by atoms with Gasteiger partial charge in [0, 0.05) is 5.92 Å². The summed E-state index contributed by atoms with van der Waals surface area (Å²) in [7, 11) is 0. The van der Waals surface area contributed by atoms with Crippen molar-refractivity contribution in [2.75, 3.05) is 13.2 Å². The van der Waals surface area contributed by atoms with Crippen molar-refractivity contribution in [3.63, 3.8) is 0 Å². The fourth-order valence-corrected chi connectivity index (χ4v) is 0.971. The maximum absolute atomic E-state index is 5.19. The second-order valence-corrected chi connectivity index (χ2v) is 2.28. The van der Waals surface area contributed by atoms with Gasteiger partial charge in [0.2, 0.25) is 0 Å². The normalized spacial score (nSPS) is 34.2. The van der Waals surface area contributed by atoms with E-state index in [0.717, 1.165) is 13.2 Å². The molecule has 0 saturated carbocycles. The van der Waals surface area contributed by atoms with Gasteiger partial charge in [-0.05, 0) is 12.5 Å². The predicted octanol–water partition coefficient (Wildman–Crippen LogP) is 1.60. The van der Waals surface area contributed by atoms with Crippen LogP contribution < -0.4 is 0 Å². The van der Waals surface area contributed by atoms with E-state index in [1.54, 1.807) is 0 Å². The topological polar surface area (TPSA) is 9.23 Å². The van der Waals surface area contributed by atoms with Crippen LogP contribution in [0.3, 0.4) is 0 Å². The Bertz CT molecular complexity index is 105. The molecule has 0 amide bonds. The Morgan fingerprint density at radius 2 is 2.50 bits per heavy atom. The van der Waals surface area contributed by atoms with Crippen LogP contribution in [-0.2, 0) is 4.74 Å². The summed E-state index contributed by atoms with van der Waals surface area (Å²) in [4.78, 5) is 0. The minimum atomic E-state index is 0.667. The molecule has 1 unspecified atom stereocenters. The van der Waals surface area contributed by atoms with Crippen molar-refractivity contribution < 1.29 is 4.74 Å². The first-order valence-electron chi connectivity index (χ1n) is 3.07. The summed E-state index contributed by atoms with van der Waals surface area (Å²) >= 11 is 0. The molecule has 1 aliphatic heterocycles. The van der Waals surface area contributed by atoms with Crippen molar-refractivity contribution in [3.8, 4) is 0 Å². The van der Waals surface area contributed by atoms with Crippen molar-refractivity contribution in [3.05, 3.63) is 11.6 Å². The lowest BCUT2D eigenvalue weighted by Gasteiger charge is -1.96. The van der Waals surface area contributed by atoms with Crippen LogP contribution in [0.2, 0.25) is 0 Å². The van der Waals surface area contributed by atoms with E-state index >= 15 is 0 Å². The lowest BCUT2D eigenvalue weighted by Crippen LogP contribution is -1.92. The van der Waals surface area contributed by atoms with Gasteiger partial charge in [-0.2, -0.15) is 0 Å². The lowest BCUT2D eigenvalue weighted by atomic mass is 10.1. The molecule has 1 nitrogen and oxygen atoms in total. The number of ether oxygens (including phenoxy) is 1. The van der Waals surface area contributed by atoms with E-state index < -0.39 is 0 Å². The van der Waals surface area contributed by atoms with Crippen LogP contribution >= 0.6 is 0 Å². The average Bonchev–Trinajstić information content (AvgIpc) is 2.14. The van der Waals surface area contributed by atoms with Crippen LogP contribution in [-0.4, -0.2) is 13.2 Å².